The van der Waals surface area contributed by atoms with Gasteiger partial charge in [0.25, 0.3) is 0 Å². The second kappa shape index (κ2) is 10.9. The van der Waals surface area contributed by atoms with Crippen LogP contribution in [0.4, 0.5) is 8.78 Å². The molecule has 1 fully saturated rings. The van der Waals surface area contributed by atoms with Gasteiger partial charge in [0.1, 0.15) is 23.6 Å². The first-order valence-electron chi connectivity index (χ1n) is 11.6. The molecule has 0 saturated carbocycles. The molecule has 4 aromatic rings. The summed E-state index contributed by atoms with van der Waals surface area (Å²) < 4.78 is 45.7. The van der Waals surface area contributed by atoms with Crippen LogP contribution in [0.2, 0.25) is 0 Å². The first-order valence-corrected chi connectivity index (χ1v) is 11.6. The number of pyridine rings is 1. The molecule has 3 heterocycles. The summed E-state index contributed by atoms with van der Waals surface area (Å²) in [5, 5.41) is 18.2. The minimum absolute atomic E-state index is 0.0833. The number of morpholine rings is 1. The smallest absolute Gasteiger partial charge is 0.187 e. The van der Waals surface area contributed by atoms with Gasteiger partial charge in [0, 0.05) is 37.2 Å². The van der Waals surface area contributed by atoms with Crippen molar-refractivity contribution in [2.75, 3.05) is 52.7 Å². The number of ether oxygens (including phenoxy) is 3. The Morgan fingerprint density at radius 2 is 1.78 bits per heavy atom. The Kier molecular flexibility index (Phi) is 7.31. The third-order valence-corrected chi connectivity index (χ3v) is 5.85. The van der Waals surface area contributed by atoms with Gasteiger partial charge in [-0.3, -0.25) is 4.90 Å². The monoisotopic (exact) mass is 497 g/mol. The Labute approximate surface area is 205 Å². The lowest BCUT2D eigenvalue weighted by Gasteiger charge is -2.26. The number of phenolic OH excluding ortho intramolecular Hbond substituents is 1. The first kappa shape index (κ1) is 24.0. The molecule has 2 aromatic heterocycles. The van der Waals surface area contributed by atoms with Gasteiger partial charge in [-0.25, -0.2) is 18.4 Å². The first-order chi connectivity index (χ1) is 17.6. The standard InChI is InChI=1S/C25H25F2N5O4/c26-19-14-18(15-20(27)25(19)33)32-16-22(29-30-32)21-5-4-17-2-1-3-23(24(17)28-21)36-13-12-35-11-8-31-6-9-34-10-7-31/h1-5,14-16,33H,6-13H2. The van der Waals surface area contributed by atoms with Crippen molar-refractivity contribution in [3.05, 3.63) is 60.3 Å². The molecule has 0 radical (unpaired) electrons. The van der Waals surface area contributed by atoms with Gasteiger partial charge in [0.2, 0.25) is 0 Å². The van der Waals surface area contributed by atoms with Gasteiger partial charge >= 0.3 is 0 Å². The van der Waals surface area contributed by atoms with E-state index in [1.807, 2.05) is 24.3 Å². The minimum atomic E-state index is -1.09. The summed E-state index contributed by atoms with van der Waals surface area (Å²) >= 11 is 0. The third-order valence-electron chi connectivity index (χ3n) is 5.85. The lowest BCUT2D eigenvalue weighted by molar-refractivity contribution is 0.0171. The van der Waals surface area contributed by atoms with Gasteiger partial charge in [-0.15, -0.1) is 5.10 Å². The van der Waals surface area contributed by atoms with Crippen molar-refractivity contribution in [1.29, 1.82) is 0 Å². The number of hydrogen-bond acceptors (Lipinski definition) is 8. The summed E-state index contributed by atoms with van der Waals surface area (Å²) in [5.41, 5.74) is 1.66. The Morgan fingerprint density at radius 1 is 0.972 bits per heavy atom. The topological polar surface area (TPSA) is 94.8 Å². The van der Waals surface area contributed by atoms with Gasteiger partial charge in [0.15, 0.2) is 17.4 Å². The Bertz CT molecular complexity index is 1320. The summed E-state index contributed by atoms with van der Waals surface area (Å²) in [6.07, 6.45) is 1.51. The summed E-state index contributed by atoms with van der Waals surface area (Å²) in [4.78, 5) is 7.00. The van der Waals surface area contributed by atoms with Crippen LogP contribution in [0.5, 0.6) is 11.5 Å². The molecule has 0 aliphatic carbocycles. The summed E-state index contributed by atoms with van der Waals surface area (Å²) in [5.74, 6) is -2.60. The van der Waals surface area contributed by atoms with E-state index in [1.165, 1.54) is 10.9 Å². The quantitative estimate of drug-likeness (QED) is 0.353. The normalized spacial score (nSPS) is 14.4. The predicted octanol–water partition coefficient (Wildman–Crippen LogP) is 3.19. The van der Waals surface area contributed by atoms with Crippen LogP contribution in [0.25, 0.3) is 28.0 Å². The Balaban J connectivity index is 1.25. The lowest BCUT2D eigenvalue weighted by Crippen LogP contribution is -2.38. The lowest BCUT2D eigenvalue weighted by atomic mass is 10.1. The van der Waals surface area contributed by atoms with Crippen molar-refractivity contribution < 1.29 is 28.1 Å². The molecular formula is C25H25F2N5O4. The number of phenols is 1. The fourth-order valence-corrected chi connectivity index (χ4v) is 3.90. The second-order valence-corrected chi connectivity index (χ2v) is 8.25. The van der Waals surface area contributed by atoms with Gasteiger partial charge in [-0.05, 0) is 12.1 Å². The molecule has 5 rings (SSSR count). The van der Waals surface area contributed by atoms with E-state index in [0.29, 0.717) is 42.5 Å². The maximum Gasteiger partial charge on any atom is 0.187 e. The molecule has 2 aromatic carbocycles. The molecule has 1 N–H and O–H groups in total. The molecule has 0 unspecified atom stereocenters. The van der Waals surface area contributed by atoms with Crippen LogP contribution in [0.15, 0.2) is 48.7 Å². The van der Waals surface area contributed by atoms with Crippen LogP contribution in [0, 0.1) is 11.6 Å². The molecular weight excluding hydrogens is 472 g/mol. The van der Waals surface area contributed by atoms with E-state index in [0.717, 1.165) is 50.4 Å². The summed E-state index contributed by atoms with van der Waals surface area (Å²) in [6.45, 7) is 5.72. The largest absolute Gasteiger partial charge is 0.503 e. The van der Waals surface area contributed by atoms with E-state index in [4.69, 9.17) is 14.2 Å². The van der Waals surface area contributed by atoms with Crippen molar-refractivity contribution in [3.8, 4) is 28.6 Å². The Hall–Kier alpha value is -3.67. The number of halogens is 2. The van der Waals surface area contributed by atoms with Crippen LogP contribution in [-0.2, 0) is 9.47 Å². The average molecular weight is 498 g/mol. The molecule has 11 heteroatoms. The maximum absolute atomic E-state index is 13.7. The fourth-order valence-electron chi connectivity index (χ4n) is 3.90. The van der Waals surface area contributed by atoms with Crippen LogP contribution in [0.1, 0.15) is 0 Å². The molecule has 1 saturated heterocycles. The van der Waals surface area contributed by atoms with Crippen LogP contribution < -0.4 is 4.74 Å². The van der Waals surface area contributed by atoms with E-state index >= 15 is 0 Å². The third kappa shape index (κ3) is 5.43. The number of benzene rings is 2. The van der Waals surface area contributed by atoms with E-state index in [2.05, 4.69) is 20.2 Å². The van der Waals surface area contributed by atoms with Gasteiger partial charge in [0.05, 0.1) is 44.0 Å². The molecule has 36 heavy (non-hydrogen) atoms. The summed E-state index contributed by atoms with van der Waals surface area (Å²) in [6, 6.07) is 11.3. The van der Waals surface area contributed by atoms with E-state index in [1.54, 1.807) is 6.07 Å². The van der Waals surface area contributed by atoms with Crippen molar-refractivity contribution >= 4 is 10.9 Å². The molecule has 0 atom stereocenters. The SMILES string of the molecule is Oc1c(F)cc(-n2cc(-c3ccc4cccc(OCCOCCN5CCOCC5)c4n3)nn2)cc1F. The zero-order chi connectivity index (χ0) is 24.9. The van der Waals surface area contributed by atoms with E-state index in [9.17, 15) is 13.9 Å². The number of rotatable bonds is 9. The highest BCUT2D eigenvalue weighted by molar-refractivity contribution is 5.86. The molecule has 9 nitrogen and oxygen atoms in total. The fraction of sp³-hybridized carbons (Fsp3) is 0.320. The average Bonchev–Trinajstić information content (AvgIpc) is 3.40. The van der Waals surface area contributed by atoms with Crippen LogP contribution in [-0.4, -0.2) is 82.7 Å². The number of para-hydroxylation sites is 1. The number of aromatic nitrogens is 4. The minimum Gasteiger partial charge on any atom is -0.503 e. The number of aromatic hydroxyl groups is 1. The molecule has 0 amide bonds. The van der Waals surface area contributed by atoms with Crippen LogP contribution in [0.3, 0.4) is 0 Å². The molecule has 1 aliphatic heterocycles. The van der Waals surface area contributed by atoms with Crippen LogP contribution >= 0.6 is 0 Å². The molecule has 188 valence electrons. The molecule has 1 aliphatic rings. The maximum atomic E-state index is 13.7. The van der Waals surface area contributed by atoms with Gasteiger partial charge < -0.3 is 19.3 Å². The van der Waals surface area contributed by atoms with E-state index < -0.39 is 17.4 Å². The molecule has 0 spiro atoms. The number of fused-ring (bicyclic) bond motifs is 1. The van der Waals surface area contributed by atoms with Crippen molar-refractivity contribution in [3.63, 3.8) is 0 Å². The second-order valence-electron chi connectivity index (χ2n) is 8.25. The van der Waals surface area contributed by atoms with Gasteiger partial charge in [-0.2, -0.15) is 0 Å². The van der Waals surface area contributed by atoms with Crippen molar-refractivity contribution in [2.24, 2.45) is 0 Å². The van der Waals surface area contributed by atoms with Gasteiger partial charge in [-0.1, -0.05) is 23.4 Å². The zero-order valence-corrected chi connectivity index (χ0v) is 19.4. The van der Waals surface area contributed by atoms with Crippen molar-refractivity contribution in [2.45, 2.75) is 0 Å². The highest BCUT2D eigenvalue weighted by Crippen LogP contribution is 2.28. The highest BCUT2D eigenvalue weighted by atomic mass is 19.1. The zero-order valence-electron chi connectivity index (χ0n) is 19.4. The summed E-state index contributed by atoms with van der Waals surface area (Å²) in [7, 11) is 0. The molecule has 0 bridgehead atoms. The predicted molar refractivity (Wildman–Crippen MR) is 127 cm³/mol. The van der Waals surface area contributed by atoms with Crippen molar-refractivity contribution in [1.82, 2.24) is 24.9 Å². The number of nitrogens with zero attached hydrogens (tertiary/aromatic N) is 5. The number of hydrogen-bond donors (Lipinski definition) is 1. The highest BCUT2D eigenvalue weighted by Gasteiger charge is 2.14. The van der Waals surface area contributed by atoms with E-state index in [-0.39, 0.29) is 5.69 Å². The Morgan fingerprint density at radius 3 is 2.58 bits per heavy atom.